The molecule has 0 saturated carbocycles. The highest BCUT2D eigenvalue weighted by Crippen LogP contribution is 2.11. The lowest BCUT2D eigenvalue weighted by Gasteiger charge is -2.31. The number of hydrogen-bond donors (Lipinski definition) is 11. The van der Waals surface area contributed by atoms with Gasteiger partial charge in [-0.25, -0.2) is 0 Å². The third-order valence-electron chi connectivity index (χ3n) is 7.86. The molecule has 18 heteroatoms. The molecule has 49 heavy (non-hydrogen) atoms. The Kier molecular flexibility index (Phi) is 19.8. The van der Waals surface area contributed by atoms with Crippen LogP contribution >= 0.6 is 0 Å². The first-order valence-electron chi connectivity index (χ1n) is 16.5. The summed E-state index contributed by atoms with van der Waals surface area (Å²) in [6.45, 7) is 5.90. The maximum atomic E-state index is 13.4. The van der Waals surface area contributed by atoms with Gasteiger partial charge in [0.15, 0.2) is 0 Å². The van der Waals surface area contributed by atoms with E-state index in [-0.39, 0.29) is 37.6 Å². The molecule has 1 heterocycles. The Hall–Kier alpha value is -3.52. The Morgan fingerprint density at radius 1 is 0.776 bits per heavy atom. The van der Waals surface area contributed by atoms with Crippen LogP contribution in [0.15, 0.2) is 12.2 Å². The molecule has 1 rings (SSSR count). The number of unbranched alkanes of at least 4 members (excludes halogenated alkanes) is 2. The number of carbonyl (C=O) groups is 6. The van der Waals surface area contributed by atoms with E-state index in [1.54, 1.807) is 20.8 Å². The van der Waals surface area contributed by atoms with Gasteiger partial charge in [-0.3, -0.25) is 39.0 Å². The topological polar surface area (TPSA) is 287 Å². The molecule has 0 aliphatic carbocycles. The highest BCUT2D eigenvalue weighted by atomic mass is 16.4. The van der Waals surface area contributed by atoms with Gasteiger partial charge in [-0.05, 0) is 39.0 Å². The van der Waals surface area contributed by atoms with Crippen LogP contribution in [-0.4, -0.2) is 146 Å². The summed E-state index contributed by atoms with van der Waals surface area (Å²) >= 11 is 0. The zero-order valence-corrected chi connectivity index (χ0v) is 28.5. The molecule has 11 N–H and O–H groups in total. The Morgan fingerprint density at radius 2 is 1.39 bits per heavy atom. The molecule has 0 spiro atoms. The molecule has 8 atom stereocenters. The van der Waals surface area contributed by atoms with Crippen LogP contribution in [0.2, 0.25) is 0 Å². The van der Waals surface area contributed by atoms with Crippen LogP contribution in [-0.2, 0) is 28.8 Å². The molecule has 0 aromatic heterocycles. The fourth-order valence-electron chi connectivity index (χ4n) is 4.82. The molecule has 0 radical (unpaired) electrons. The number of rotatable bonds is 24. The Bertz CT molecular complexity index is 1120. The first kappa shape index (κ1) is 43.5. The molecular formula is C31H54N6O12. The molecule has 18 nitrogen and oxygen atoms in total. The van der Waals surface area contributed by atoms with Crippen molar-refractivity contribution in [2.45, 2.75) is 115 Å². The molecule has 1 aliphatic heterocycles. The Labute approximate surface area is 285 Å². The predicted octanol–water partition coefficient (Wildman–Crippen LogP) is -4.14. The van der Waals surface area contributed by atoms with Gasteiger partial charge >= 0.3 is 0 Å². The van der Waals surface area contributed by atoms with E-state index in [1.807, 2.05) is 0 Å². The summed E-state index contributed by atoms with van der Waals surface area (Å²) in [5.41, 5.74) is 0. The number of aliphatic hydroxyl groups excluding tert-OH is 6. The van der Waals surface area contributed by atoms with Gasteiger partial charge in [0, 0.05) is 44.6 Å². The van der Waals surface area contributed by atoms with Gasteiger partial charge in [-0.15, -0.1) is 0 Å². The maximum absolute atomic E-state index is 13.4. The lowest BCUT2D eigenvalue weighted by molar-refractivity contribution is -0.137. The molecule has 280 valence electrons. The van der Waals surface area contributed by atoms with Gasteiger partial charge in [0.2, 0.25) is 23.6 Å². The van der Waals surface area contributed by atoms with Crippen molar-refractivity contribution in [3.8, 4) is 0 Å². The third kappa shape index (κ3) is 15.3. The van der Waals surface area contributed by atoms with Crippen molar-refractivity contribution in [1.29, 1.82) is 0 Å². The average molecular weight is 703 g/mol. The molecule has 0 bridgehead atoms. The van der Waals surface area contributed by atoms with Crippen LogP contribution in [0, 0.1) is 5.92 Å². The van der Waals surface area contributed by atoms with Crippen LogP contribution in [0.25, 0.3) is 0 Å². The van der Waals surface area contributed by atoms with Gasteiger partial charge in [0.1, 0.15) is 30.6 Å². The second-order valence-electron chi connectivity index (χ2n) is 12.2. The van der Waals surface area contributed by atoms with Gasteiger partial charge in [-0.2, -0.15) is 0 Å². The highest BCUT2D eigenvalue weighted by Gasteiger charge is 2.32. The van der Waals surface area contributed by atoms with Gasteiger partial charge in [0.05, 0.1) is 24.8 Å². The van der Waals surface area contributed by atoms with Crippen molar-refractivity contribution >= 4 is 35.4 Å². The van der Waals surface area contributed by atoms with Crippen molar-refractivity contribution in [2.75, 3.05) is 26.2 Å². The third-order valence-corrected chi connectivity index (χ3v) is 7.86. The largest absolute Gasteiger partial charge is 0.394 e. The quantitative estimate of drug-likeness (QED) is 0.0259. The van der Waals surface area contributed by atoms with Crippen LogP contribution in [0.4, 0.5) is 0 Å². The Morgan fingerprint density at radius 3 is 1.96 bits per heavy atom. The zero-order chi connectivity index (χ0) is 37.3. The number of imide groups is 1. The first-order valence-corrected chi connectivity index (χ1v) is 16.5. The van der Waals surface area contributed by atoms with E-state index in [4.69, 9.17) is 5.11 Å². The monoisotopic (exact) mass is 702 g/mol. The fraction of sp³-hybridized carbons (Fsp3) is 0.742. The smallest absolute Gasteiger partial charge is 0.253 e. The second kappa shape index (κ2) is 22.2. The van der Waals surface area contributed by atoms with E-state index >= 15 is 0 Å². The van der Waals surface area contributed by atoms with Crippen molar-refractivity contribution in [3.63, 3.8) is 0 Å². The van der Waals surface area contributed by atoms with Crippen LogP contribution in [0.1, 0.15) is 66.2 Å². The summed E-state index contributed by atoms with van der Waals surface area (Å²) in [5.74, 6) is -3.43. The van der Waals surface area contributed by atoms with Crippen molar-refractivity contribution in [3.05, 3.63) is 12.2 Å². The molecule has 6 amide bonds. The molecule has 1 unspecified atom stereocenters. The average Bonchev–Trinajstić information content (AvgIpc) is 3.38. The summed E-state index contributed by atoms with van der Waals surface area (Å²) in [7, 11) is 0. The fourth-order valence-corrected chi connectivity index (χ4v) is 4.82. The zero-order valence-electron chi connectivity index (χ0n) is 28.5. The van der Waals surface area contributed by atoms with Crippen LogP contribution in [0.5, 0.6) is 0 Å². The number of hydrogen-bond acceptors (Lipinski definition) is 13. The Balaban J connectivity index is 2.87. The molecule has 1 aliphatic rings. The molecule has 0 saturated heterocycles. The second-order valence-corrected chi connectivity index (χ2v) is 12.2. The lowest BCUT2D eigenvalue weighted by atomic mass is 10.0. The van der Waals surface area contributed by atoms with Crippen molar-refractivity contribution in [2.24, 2.45) is 5.92 Å². The molecule has 0 aromatic carbocycles. The number of nitrogens with one attached hydrogen (secondary N) is 5. The van der Waals surface area contributed by atoms with E-state index < -0.39 is 91.5 Å². The van der Waals surface area contributed by atoms with E-state index in [2.05, 4.69) is 26.6 Å². The minimum atomic E-state index is -1.89. The number of aliphatic hydroxyl groups is 6. The minimum absolute atomic E-state index is 0.00986. The van der Waals surface area contributed by atoms with Crippen LogP contribution < -0.4 is 26.6 Å². The number of likely N-dealkylation sites (N-methyl/N-ethyl adjacent to an activating group) is 1. The summed E-state index contributed by atoms with van der Waals surface area (Å²) in [6.07, 6.45) is -5.43. The number of amides is 6. The van der Waals surface area contributed by atoms with E-state index in [9.17, 15) is 54.3 Å². The standard InChI is InChI=1S/C31H54N6O12/c1-5-32-29(47)18(4)34-31(49)26(17(2)3)36-30(48)19(10-11-22(41)33-15-20(39)27(45)28(46)21(40)16-38)35-23(42)9-7-6-8-14-37-24(43)12-13-25(37)44/h12-13,17-21,26-28,31,34,38-40,45-46,49H,5-11,14-16H2,1-4H3,(H,32,47)(H,33,41)(H,35,42)(H,36,48)/t18-,19-,20-,21+,26-,27+,28+,31?/m0/s1. The van der Waals surface area contributed by atoms with E-state index in [0.29, 0.717) is 25.8 Å². The molecule has 0 aromatic rings. The number of carbonyl (C=O) groups excluding carboxylic acids is 6. The van der Waals surface area contributed by atoms with E-state index in [1.165, 1.54) is 19.1 Å². The summed E-state index contributed by atoms with van der Waals surface area (Å²) in [4.78, 5) is 75.5. The van der Waals surface area contributed by atoms with Gasteiger partial charge < -0.3 is 51.9 Å². The highest BCUT2D eigenvalue weighted by molar-refractivity contribution is 6.12. The summed E-state index contributed by atoms with van der Waals surface area (Å²) < 4.78 is 0. The van der Waals surface area contributed by atoms with Gasteiger partial charge in [0.25, 0.3) is 11.8 Å². The number of nitrogens with zero attached hydrogens (tertiary/aromatic N) is 1. The molecular weight excluding hydrogens is 648 g/mol. The lowest BCUT2D eigenvalue weighted by Crippen LogP contribution is -2.59. The normalized spacial score (nSPS) is 17.9. The summed E-state index contributed by atoms with van der Waals surface area (Å²) in [5, 5.41) is 72.0. The minimum Gasteiger partial charge on any atom is -0.394 e. The van der Waals surface area contributed by atoms with Crippen LogP contribution in [0.3, 0.4) is 0 Å². The van der Waals surface area contributed by atoms with E-state index in [0.717, 1.165) is 4.90 Å². The first-order chi connectivity index (χ1) is 23.0. The molecule has 0 fully saturated rings. The maximum Gasteiger partial charge on any atom is 0.253 e. The predicted molar refractivity (Wildman–Crippen MR) is 174 cm³/mol. The van der Waals surface area contributed by atoms with Gasteiger partial charge in [-0.1, -0.05) is 20.3 Å². The summed E-state index contributed by atoms with van der Waals surface area (Å²) in [6, 6.07) is -2.97. The van der Waals surface area contributed by atoms with Crippen molar-refractivity contribution < 1.29 is 59.4 Å². The van der Waals surface area contributed by atoms with Crippen molar-refractivity contribution in [1.82, 2.24) is 31.5 Å². The SMILES string of the molecule is CCNC(=O)[C@H](C)NC(O)[C@@H](NC(=O)[C@H](CCC(=O)NC[C@H](O)[C@@H](O)[C@H](O)[C@H](O)CO)NC(=O)CCCCCN1C(=O)C=CC1=O)C(C)C.